The highest BCUT2D eigenvalue weighted by Gasteiger charge is 2.44. The lowest BCUT2D eigenvalue weighted by atomic mass is 9.62. The summed E-state index contributed by atoms with van der Waals surface area (Å²) in [6, 6.07) is 7.03. The Bertz CT molecular complexity index is 503. The van der Waals surface area contributed by atoms with E-state index in [1.165, 1.54) is 0 Å². The number of benzene rings is 1. The second kappa shape index (κ2) is 4.37. The fourth-order valence-electron chi connectivity index (χ4n) is 3.19. The van der Waals surface area contributed by atoms with Crippen LogP contribution >= 0.6 is 0 Å². The third kappa shape index (κ3) is 2.23. The number of anilines is 1. The zero-order chi connectivity index (χ0) is 13.5. The Morgan fingerprint density at radius 2 is 1.68 bits per heavy atom. The van der Waals surface area contributed by atoms with Gasteiger partial charge in [-0.3, -0.25) is 4.79 Å². The number of carboxylic acids is 1. The van der Waals surface area contributed by atoms with Crippen LogP contribution < -0.4 is 4.90 Å². The van der Waals surface area contributed by atoms with Crippen molar-refractivity contribution in [3.05, 3.63) is 29.8 Å². The van der Waals surface area contributed by atoms with Crippen molar-refractivity contribution >= 4 is 17.4 Å². The molecule has 1 saturated carbocycles. The monoisotopic (exact) mass is 259 g/mol. The number of carboxylic acid groups (broad SMARTS) is 1. The first-order valence-electron chi connectivity index (χ1n) is 6.68. The van der Waals surface area contributed by atoms with Crippen molar-refractivity contribution < 1.29 is 14.7 Å². The highest BCUT2D eigenvalue weighted by Crippen LogP contribution is 2.47. The summed E-state index contributed by atoms with van der Waals surface area (Å²) >= 11 is 0. The smallest absolute Gasteiger partial charge is 0.335 e. The first-order valence-corrected chi connectivity index (χ1v) is 6.68. The summed E-state index contributed by atoms with van der Waals surface area (Å²) in [7, 11) is 0. The Labute approximate surface area is 112 Å². The molecule has 4 nitrogen and oxygen atoms in total. The van der Waals surface area contributed by atoms with E-state index in [4.69, 9.17) is 5.11 Å². The van der Waals surface area contributed by atoms with Crippen LogP contribution in [-0.2, 0) is 4.79 Å². The first kappa shape index (κ1) is 12.2. The second-order valence-electron chi connectivity index (χ2n) is 5.73. The Hall–Kier alpha value is -1.84. The van der Waals surface area contributed by atoms with Gasteiger partial charge in [0.15, 0.2) is 0 Å². The van der Waals surface area contributed by atoms with Crippen molar-refractivity contribution in [3.8, 4) is 0 Å². The van der Waals surface area contributed by atoms with Gasteiger partial charge in [-0.25, -0.2) is 4.79 Å². The van der Waals surface area contributed by atoms with Crippen LogP contribution in [0, 0.1) is 5.41 Å². The normalized spacial score (nSPS) is 21.3. The summed E-state index contributed by atoms with van der Waals surface area (Å²) in [6.07, 6.45) is 3.66. The fourth-order valence-corrected chi connectivity index (χ4v) is 3.19. The molecule has 4 heteroatoms. The van der Waals surface area contributed by atoms with Crippen molar-refractivity contribution in [1.82, 2.24) is 0 Å². The van der Waals surface area contributed by atoms with Crippen LogP contribution in [0.15, 0.2) is 24.3 Å². The largest absolute Gasteiger partial charge is 0.478 e. The molecule has 0 atom stereocenters. The van der Waals surface area contributed by atoms with Crippen LogP contribution in [0.3, 0.4) is 0 Å². The Balaban J connectivity index is 1.65. The SMILES string of the molecule is O=C1CC2(CCN(c3ccc(C(=O)O)cc3)CC2)C1. The van der Waals surface area contributed by atoms with Crippen molar-refractivity contribution in [3.63, 3.8) is 0 Å². The standard InChI is InChI=1S/C15H17NO3/c17-13-9-15(10-13)5-7-16(8-6-15)12-3-1-11(2-4-12)14(18)19/h1-4H,5-10H2,(H,18,19). The quantitative estimate of drug-likeness (QED) is 0.885. The summed E-state index contributed by atoms with van der Waals surface area (Å²) in [5, 5.41) is 8.87. The molecule has 0 radical (unpaired) electrons. The molecule has 1 aliphatic carbocycles. The van der Waals surface area contributed by atoms with E-state index in [9.17, 15) is 9.59 Å². The number of Topliss-reactive ketones (excluding diaryl/α,β-unsaturated/α-hetero) is 1. The minimum atomic E-state index is -0.892. The Morgan fingerprint density at radius 1 is 1.11 bits per heavy atom. The van der Waals surface area contributed by atoms with Gasteiger partial charge in [-0.2, -0.15) is 0 Å². The van der Waals surface area contributed by atoms with Crippen molar-refractivity contribution in [1.29, 1.82) is 0 Å². The van der Waals surface area contributed by atoms with E-state index >= 15 is 0 Å². The number of piperidine rings is 1. The first-order chi connectivity index (χ1) is 9.08. The van der Waals surface area contributed by atoms with Gasteiger partial charge in [0.25, 0.3) is 0 Å². The molecule has 3 rings (SSSR count). The summed E-state index contributed by atoms with van der Waals surface area (Å²) in [5.41, 5.74) is 1.68. The third-order valence-corrected chi connectivity index (χ3v) is 4.45. The molecule has 1 aromatic carbocycles. The van der Waals surface area contributed by atoms with Gasteiger partial charge in [0.05, 0.1) is 5.56 Å². The molecule has 0 unspecified atom stereocenters. The van der Waals surface area contributed by atoms with Gasteiger partial charge < -0.3 is 10.0 Å². The topological polar surface area (TPSA) is 57.6 Å². The van der Waals surface area contributed by atoms with Crippen molar-refractivity contribution in [2.24, 2.45) is 5.41 Å². The van der Waals surface area contributed by atoms with E-state index in [1.54, 1.807) is 12.1 Å². The summed E-state index contributed by atoms with van der Waals surface area (Å²) in [6.45, 7) is 1.92. The van der Waals surface area contributed by atoms with Crippen LogP contribution in [0.25, 0.3) is 0 Å². The minimum absolute atomic E-state index is 0.286. The van der Waals surface area contributed by atoms with Crippen LogP contribution in [-0.4, -0.2) is 29.9 Å². The van der Waals surface area contributed by atoms with Crippen LogP contribution in [0.1, 0.15) is 36.0 Å². The van der Waals surface area contributed by atoms with Gasteiger partial charge >= 0.3 is 5.97 Å². The highest BCUT2D eigenvalue weighted by molar-refractivity contribution is 5.88. The Kier molecular flexibility index (Phi) is 2.81. The predicted octanol–water partition coefficient (Wildman–Crippen LogP) is 2.33. The maximum absolute atomic E-state index is 11.2. The number of rotatable bonds is 2. The lowest BCUT2D eigenvalue weighted by Crippen LogP contribution is -2.47. The number of carbonyl (C=O) groups excluding carboxylic acids is 1. The third-order valence-electron chi connectivity index (χ3n) is 4.45. The predicted molar refractivity (Wildman–Crippen MR) is 71.5 cm³/mol. The minimum Gasteiger partial charge on any atom is -0.478 e. The van der Waals surface area contributed by atoms with Crippen LogP contribution in [0.4, 0.5) is 5.69 Å². The summed E-state index contributed by atoms with van der Waals surface area (Å²) < 4.78 is 0. The van der Waals surface area contributed by atoms with E-state index in [0.29, 0.717) is 11.3 Å². The number of carbonyl (C=O) groups is 2. The molecule has 1 spiro atoms. The number of ketones is 1. The molecule has 1 heterocycles. The molecule has 1 aliphatic heterocycles. The van der Waals surface area contributed by atoms with Gasteiger partial charge in [-0.15, -0.1) is 0 Å². The zero-order valence-electron chi connectivity index (χ0n) is 10.8. The van der Waals surface area contributed by atoms with E-state index in [2.05, 4.69) is 4.90 Å². The van der Waals surface area contributed by atoms with Crippen molar-refractivity contribution in [2.45, 2.75) is 25.7 Å². The van der Waals surface area contributed by atoms with E-state index in [1.807, 2.05) is 12.1 Å². The van der Waals surface area contributed by atoms with E-state index < -0.39 is 5.97 Å². The molecule has 100 valence electrons. The average Bonchev–Trinajstić information content (AvgIpc) is 2.38. The lowest BCUT2D eigenvalue weighted by molar-refractivity contribution is -0.133. The fraction of sp³-hybridized carbons (Fsp3) is 0.467. The zero-order valence-corrected chi connectivity index (χ0v) is 10.8. The number of aromatic carboxylic acids is 1. The number of hydrogen-bond donors (Lipinski definition) is 1. The molecule has 0 aromatic heterocycles. The van der Waals surface area contributed by atoms with Crippen LogP contribution in [0.2, 0.25) is 0 Å². The molecule has 1 aromatic rings. The van der Waals surface area contributed by atoms with Crippen LogP contribution in [0.5, 0.6) is 0 Å². The molecular formula is C15H17NO3. The molecule has 0 bridgehead atoms. The van der Waals surface area contributed by atoms with E-state index in [0.717, 1.165) is 44.5 Å². The number of nitrogens with zero attached hydrogens (tertiary/aromatic N) is 1. The Morgan fingerprint density at radius 3 is 2.16 bits per heavy atom. The molecule has 2 fully saturated rings. The summed E-state index contributed by atoms with van der Waals surface area (Å²) in [5.74, 6) is -0.489. The van der Waals surface area contributed by atoms with Gasteiger partial charge in [0.1, 0.15) is 5.78 Å². The molecule has 1 saturated heterocycles. The van der Waals surface area contributed by atoms with Gasteiger partial charge in [-0.05, 0) is 42.5 Å². The average molecular weight is 259 g/mol. The van der Waals surface area contributed by atoms with Gasteiger partial charge in [-0.1, -0.05) is 0 Å². The molecule has 0 amide bonds. The summed E-state index contributed by atoms with van der Waals surface area (Å²) in [4.78, 5) is 24.2. The molecule has 19 heavy (non-hydrogen) atoms. The molecule has 1 N–H and O–H groups in total. The van der Waals surface area contributed by atoms with E-state index in [-0.39, 0.29) is 5.41 Å². The highest BCUT2D eigenvalue weighted by atomic mass is 16.4. The van der Waals surface area contributed by atoms with Gasteiger partial charge in [0, 0.05) is 31.6 Å². The molecular weight excluding hydrogens is 242 g/mol. The molecule has 2 aliphatic rings. The maximum atomic E-state index is 11.2. The maximum Gasteiger partial charge on any atom is 0.335 e. The second-order valence-corrected chi connectivity index (χ2v) is 5.73. The van der Waals surface area contributed by atoms with Gasteiger partial charge in [0.2, 0.25) is 0 Å². The lowest BCUT2D eigenvalue weighted by Gasteiger charge is -2.47. The number of hydrogen-bond acceptors (Lipinski definition) is 3. The van der Waals surface area contributed by atoms with Crippen molar-refractivity contribution in [2.75, 3.05) is 18.0 Å².